The first-order valence-corrected chi connectivity index (χ1v) is 14.2. The van der Waals surface area contributed by atoms with E-state index in [4.69, 9.17) is 4.42 Å². The van der Waals surface area contributed by atoms with Crippen LogP contribution in [0.25, 0.3) is 22.1 Å². The van der Waals surface area contributed by atoms with Gasteiger partial charge in [-0.05, 0) is 46.9 Å². The number of fused-ring (bicyclic) bond motifs is 1. The maximum Gasteiger partial charge on any atom is 0.326 e. The average molecular weight is 546 g/mol. The first-order valence-electron chi connectivity index (χ1n) is 14.2. The van der Waals surface area contributed by atoms with Gasteiger partial charge < -0.3 is 14.4 Å². The molecule has 5 nitrogen and oxygen atoms in total. The summed E-state index contributed by atoms with van der Waals surface area (Å²) in [5.74, 6) is -0.264. The molecule has 0 fully saturated rings. The Morgan fingerprint density at radius 1 is 0.805 bits per heavy atom. The summed E-state index contributed by atoms with van der Waals surface area (Å²) in [6.07, 6.45) is 4.23. The summed E-state index contributed by atoms with van der Waals surface area (Å²) in [5.41, 5.74) is 6.80. The van der Waals surface area contributed by atoms with Gasteiger partial charge in [0.15, 0.2) is 0 Å². The van der Waals surface area contributed by atoms with Gasteiger partial charge in [-0.15, -0.1) is 0 Å². The molecule has 0 bridgehead atoms. The number of hydrogen-bond donors (Lipinski definition) is 1. The molecule has 5 heteroatoms. The van der Waals surface area contributed by atoms with Crippen LogP contribution in [0.4, 0.5) is 0 Å². The van der Waals surface area contributed by atoms with E-state index in [1.54, 1.807) is 19.2 Å². The normalized spacial score (nSPS) is 11.9. The molecule has 0 saturated carbocycles. The van der Waals surface area contributed by atoms with Crippen LogP contribution in [0.2, 0.25) is 0 Å². The fourth-order valence-electron chi connectivity index (χ4n) is 5.28. The Bertz CT molecular complexity index is 1620. The smallest absolute Gasteiger partial charge is 0.326 e. The van der Waals surface area contributed by atoms with Crippen molar-refractivity contribution in [1.29, 1.82) is 0 Å². The predicted molar refractivity (Wildman–Crippen MR) is 163 cm³/mol. The number of carboxylic acid groups (broad SMARTS) is 1. The van der Waals surface area contributed by atoms with E-state index in [1.807, 2.05) is 54.6 Å². The highest BCUT2D eigenvalue weighted by molar-refractivity contribution is 5.97. The monoisotopic (exact) mass is 545 g/mol. The summed E-state index contributed by atoms with van der Waals surface area (Å²) in [5, 5.41) is 11.0. The second-order valence-electron chi connectivity index (χ2n) is 10.5. The molecular weight excluding hydrogens is 510 g/mol. The molecule has 0 aliphatic heterocycles. The molecule has 1 amide bonds. The molecule has 0 unspecified atom stereocenters. The highest BCUT2D eigenvalue weighted by atomic mass is 16.4. The Hall–Kier alpha value is -4.64. The second kappa shape index (κ2) is 12.7. The van der Waals surface area contributed by atoms with Gasteiger partial charge in [-0.1, -0.05) is 98.3 Å². The highest BCUT2D eigenvalue weighted by Gasteiger charge is 2.27. The van der Waals surface area contributed by atoms with E-state index >= 15 is 0 Å². The van der Waals surface area contributed by atoms with Crippen LogP contribution in [0.15, 0.2) is 108 Å². The van der Waals surface area contributed by atoms with Gasteiger partial charge in [-0.25, -0.2) is 4.79 Å². The summed E-state index contributed by atoms with van der Waals surface area (Å²) >= 11 is 0. The zero-order chi connectivity index (χ0) is 28.8. The Morgan fingerprint density at radius 2 is 1.44 bits per heavy atom. The van der Waals surface area contributed by atoms with Crippen molar-refractivity contribution in [3.8, 4) is 11.1 Å². The van der Waals surface area contributed by atoms with E-state index in [-0.39, 0.29) is 12.3 Å². The number of hydrogen-bond acceptors (Lipinski definition) is 3. The lowest BCUT2D eigenvalue weighted by atomic mass is 9.97. The van der Waals surface area contributed by atoms with Crippen LogP contribution in [0.3, 0.4) is 0 Å². The summed E-state index contributed by atoms with van der Waals surface area (Å²) in [4.78, 5) is 26.5. The third-order valence-electron chi connectivity index (χ3n) is 7.68. The van der Waals surface area contributed by atoms with Crippen molar-refractivity contribution in [1.82, 2.24) is 4.90 Å². The predicted octanol–water partition coefficient (Wildman–Crippen LogP) is 7.80. The number of furan rings is 1. The van der Waals surface area contributed by atoms with Gasteiger partial charge in [0.05, 0.1) is 0 Å². The van der Waals surface area contributed by atoms with Gasteiger partial charge in [0.2, 0.25) is 0 Å². The SMILES string of the molecule is CCCCc1oc2ccccc2c1Cc1ccc(-c2ccc(C(=O)N(C)[C@@H](Cc3ccccc3)C(=O)O)cc2)cc1. The molecule has 1 heterocycles. The summed E-state index contributed by atoms with van der Waals surface area (Å²) in [6, 6.07) is 32.5. The van der Waals surface area contributed by atoms with E-state index in [0.717, 1.165) is 53.7 Å². The van der Waals surface area contributed by atoms with Crippen LogP contribution in [0, 0.1) is 0 Å². The molecule has 0 spiro atoms. The Morgan fingerprint density at radius 3 is 2.10 bits per heavy atom. The van der Waals surface area contributed by atoms with Crippen molar-refractivity contribution in [2.24, 2.45) is 0 Å². The molecule has 0 saturated heterocycles. The van der Waals surface area contributed by atoms with Gasteiger partial charge in [-0.2, -0.15) is 0 Å². The van der Waals surface area contributed by atoms with E-state index in [2.05, 4.69) is 43.3 Å². The van der Waals surface area contributed by atoms with E-state index in [1.165, 1.54) is 21.4 Å². The summed E-state index contributed by atoms with van der Waals surface area (Å²) in [7, 11) is 1.55. The Balaban J connectivity index is 1.29. The maximum atomic E-state index is 13.2. The van der Waals surface area contributed by atoms with Crippen LogP contribution in [0.1, 0.15) is 52.6 Å². The van der Waals surface area contributed by atoms with Crippen molar-refractivity contribution in [2.75, 3.05) is 7.05 Å². The molecule has 41 heavy (non-hydrogen) atoms. The quantitative estimate of drug-likeness (QED) is 0.184. The number of carbonyl (C=O) groups excluding carboxylic acids is 1. The molecule has 0 radical (unpaired) electrons. The largest absolute Gasteiger partial charge is 0.480 e. The number of benzene rings is 4. The first kappa shape index (κ1) is 27.9. The maximum absolute atomic E-state index is 13.2. The van der Waals surface area contributed by atoms with Crippen molar-refractivity contribution in [3.05, 3.63) is 131 Å². The van der Waals surface area contributed by atoms with Crippen LogP contribution < -0.4 is 0 Å². The molecule has 208 valence electrons. The standard InChI is InChI=1S/C36H35NO4/c1-3-4-13-34-31(30-12-8-9-14-33(30)41-34)23-26-15-17-27(18-16-26)28-19-21-29(22-20-28)35(38)37(2)32(36(39)40)24-25-10-6-5-7-11-25/h5-12,14-22,32H,3-4,13,23-24H2,1-2H3,(H,39,40)/t32-/m0/s1. The van der Waals surface area contributed by atoms with Crippen LogP contribution in [-0.2, 0) is 24.1 Å². The van der Waals surface area contributed by atoms with Gasteiger partial charge in [0.1, 0.15) is 17.4 Å². The number of unbranched alkanes of at least 4 members (excludes halogenated alkanes) is 1. The number of aryl methyl sites for hydroxylation is 1. The molecular formula is C36H35NO4. The number of nitrogens with zero attached hydrogens (tertiary/aromatic N) is 1. The minimum Gasteiger partial charge on any atom is -0.480 e. The lowest BCUT2D eigenvalue weighted by Gasteiger charge is -2.25. The number of amides is 1. The van der Waals surface area contributed by atoms with E-state index in [9.17, 15) is 14.7 Å². The van der Waals surface area contributed by atoms with Crippen molar-refractivity contribution in [2.45, 2.75) is 45.1 Å². The van der Waals surface area contributed by atoms with Crippen molar-refractivity contribution >= 4 is 22.8 Å². The fraction of sp³-hybridized carbons (Fsp3) is 0.222. The van der Waals surface area contributed by atoms with Crippen molar-refractivity contribution < 1.29 is 19.1 Å². The highest BCUT2D eigenvalue weighted by Crippen LogP contribution is 2.30. The van der Waals surface area contributed by atoms with Crippen LogP contribution in [0.5, 0.6) is 0 Å². The molecule has 1 aromatic heterocycles. The molecule has 1 atom stereocenters. The van der Waals surface area contributed by atoms with E-state index in [0.29, 0.717) is 5.56 Å². The molecule has 1 N–H and O–H groups in total. The topological polar surface area (TPSA) is 70.8 Å². The van der Waals surface area contributed by atoms with Gasteiger partial charge in [0, 0.05) is 42.8 Å². The van der Waals surface area contributed by atoms with Gasteiger partial charge in [-0.3, -0.25) is 4.79 Å². The second-order valence-corrected chi connectivity index (χ2v) is 10.5. The number of para-hydroxylation sites is 1. The lowest BCUT2D eigenvalue weighted by Crippen LogP contribution is -2.43. The molecule has 5 rings (SSSR count). The minimum atomic E-state index is -1.03. The fourth-order valence-corrected chi connectivity index (χ4v) is 5.28. The number of carboxylic acids is 1. The molecule has 0 aliphatic rings. The summed E-state index contributed by atoms with van der Waals surface area (Å²) in [6.45, 7) is 2.20. The number of likely N-dealkylation sites (N-methyl/N-ethyl adjacent to an activating group) is 1. The molecule has 5 aromatic rings. The zero-order valence-corrected chi connectivity index (χ0v) is 23.5. The minimum absolute atomic E-state index is 0.248. The van der Waals surface area contributed by atoms with Gasteiger partial charge in [0.25, 0.3) is 5.91 Å². The average Bonchev–Trinajstić information content (AvgIpc) is 3.36. The van der Waals surface area contributed by atoms with Crippen LogP contribution >= 0.6 is 0 Å². The van der Waals surface area contributed by atoms with E-state index < -0.39 is 12.0 Å². The zero-order valence-electron chi connectivity index (χ0n) is 23.5. The van der Waals surface area contributed by atoms with Gasteiger partial charge >= 0.3 is 5.97 Å². The van der Waals surface area contributed by atoms with Crippen molar-refractivity contribution in [3.63, 3.8) is 0 Å². The molecule has 4 aromatic carbocycles. The lowest BCUT2D eigenvalue weighted by molar-refractivity contribution is -0.141. The Kier molecular flexibility index (Phi) is 8.64. The van der Waals surface area contributed by atoms with Crippen LogP contribution in [-0.4, -0.2) is 35.0 Å². The number of rotatable bonds is 11. The third-order valence-corrected chi connectivity index (χ3v) is 7.68. The summed E-state index contributed by atoms with van der Waals surface area (Å²) < 4.78 is 6.21. The molecule has 0 aliphatic carbocycles. The first-order chi connectivity index (χ1) is 19.9. The third kappa shape index (κ3) is 6.41. The Labute approximate surface area is 241 Å². The number of carbonyl (C=O) groups is 2. The number of aliphatic carboxylic acids is 1.